The van der Waals surface area contributed by atoms with Gasteiger partial charge in [-0.25, -0.2) is 4.98 Å². The number of carbonyl (C=O) groups excluding carboxylic acids is 1. The maximum atomic E-state index is 13.9. The van der Waals surface area contributed by atoms with Crippen LogP contribution in [0.15, 0.2) is 36.5 Å². The molecule has 1 aromatic heterocycles. The van der Waals surface area contributed by atoms with Crippen molar-refractivity contribution in [3.8, 4) is 0 Å². The molecule has 2 aromatic rings. The van der Waals surface area contributed by atoms with Gasteiger partial charge >= 0.3 is 6.18 Å². The number of carbonyl (C=O) groups is 1. The Morgan fingerprint density at radius 3 is 2.72 bits per heavy atom. The highest BCUT2D eigenvalue weighted by Crippen LogP contribution is 2.40. The summed E-state index contributed by atoms with van der Waals surface area (Å²) in [6.07, 6.45) is 1.76. The van der Waals surface area contributed by atoms with Crippen LogP contribution in [-0.4, -0.2) is 42.4 Å². The maximum Gasteiger partial charge on any atom is 0.403 e. The van der Waals surface area contributed by atoms with Gasteiger partial charge in [-0.2, -0.15) is 13.2 Å². The first-order valence-corrected chi connectivity index (χ1v) is 12.9. The van der Waals surface area contributed by atoms with Crippen LogP contribution >= 0.6 is 0 Å². The quantitative estimate of drug-likeness (QED) is 0.564. The highest BCUT2D eigenvalue weighted by Gasteiger charge is 2.39. The molecular formula is C27H33F3N4O2. The second-order valence-electron chi connectivity index (χ2n) is 10.2. The van der Waals surface area contributed by atoms with Crippen molar-refractivity contribution in [1.29, 1.82) is 0 Å². The Hall–Kier alpha value is -2.65. The van der Waals surface area contributed by atoms with E-state index in [2.05, 4.69) is 27.8 Å². The fraction of sp³-hybridized carbons (Fsp3) is 0.556. The number of anilines is 3. The Labute approximate surface area is 209 Å². The molecule has 3 heterocycles. The SMILES string of the molecule is CC(NC1CCC(C(=O)N2Cc3cccnc3Nc3ccc(C4CCCOC4)cc32)CC1)C(F)(F)F. The standard InChI is InChI=1S/C27H33F3N4O2/c1-17(27(28,29)30)32-22-9-6-18(7-10-22)26(35)34-15-20-4-2-12-31-25(20)33-23-11-8-19(14-24(23)34)21-5-3-13-36-16-21/h2,4,8,11-12,14,17-18,21-22,32H,3,5-7,9-10,13,15-16H2,1H3,(H,31,33). The van der Waals surface area contributed by atoms with Crippen LogP contribution < -0.4 is 15.5 Å². The molecule has 1 saturated heterocycles. The van der Waals surface area contributed by atoms with E-state index < -0.39 is 12.2 Å². The van der Waals surface area contributed by atoms with E-state index in [-0.39, 0.29) is 17.9 Å². The van der Waals surface area contributed by atoms with Gasteiger partial charge in [-0.15, -0.1) is 0 Å². The monoisotopic (exact) mass is 502 g/mol. The van der Waals surface area contributed by atoms with Gasteiger partial charge in [-0.3, -0.25) is 4.79 Å². The van der Waals surface area contributed by atoms with E-state index in [1.165, 1.54) is 0 Å². The molecule has 1 saturated carbocycles. The summed E-state index contributed by atoms with van der Waals surface area (Å²) in [5, 5.41) is 6.11. The molecule has 2 atom stereocenters. The third kappa shape index (κ3) is 5.37. The summed E-state index contributed by atoms with van der Waals surface area (Å²) in [6.45, 7) is 3.01. The van der Waals surface area contributed by atoms with Crippen LogP contribution in [-0.2, 0) is 16.1 Å². The first-order chi connectivity index (χ1) is 17.3. The largest absolute Gasteiger partial charge is 0.403 e. The van der Waals surface area contributed by atoms with E-state index >= 15 is 0 Å². The molecular weight excluding hydrogens is 469 g/mol. The van der Waals surface area contributed by atoms with Crippen LogP contribution in [0.5, 0.6) is 0 Å². The molecule has 3 aliphatic rings. The minimum Gasteiger partial charge on any atom is -0.381 e. The van der Waals surface area contributed by atoms with Gasteiger partial charge in [0, 0.05) is 36.2 Å². The second-order valence-corrected chi connectivity index (χ2v) is 10.2. The van der Waals surface area contributed by atoms with E-state index in [1.807, 2.05) is 23.1 Å². The number of ether oxygens (including phenoxy) is 1. The number of halogens is 3. The topological polar surface area (TPSA) is 66.5 Å². The van der Waals surface area contributed by atoms with Crippen molar-refractivity contribution >= 4 is 23.1 Å². The molecule has 0 radical (unpaired) electrons. The van der Waals surface area contributed by atoms with E-state index in [1.54, 1.807) is 6.20 Å². The molecule has 1 aromatic carbocycles. The first-order valence-electron chi connectivity index (χ1n) is 12.9. The average molecular weight is 503 g/mol. The third-order valence-corrected chi connectivity index (χ3v) is 7.74. The number of aromatic nitrogens is 1. The summed E-state index contributed by atoms with van der Waals surface area (Å²) in [7, 11) is 0. The molecule has 0 spiro atoms. The number of benzene rings is 1. The first kappa shape index (κ1) is 25.0. The maximum absolute atomic E-state index is 13.9. The predicted octanol–water partition coefficient (Wildman–Crippen LogP) is 5.67. The number of hydrogen-bond acceptors (Lipinski definition) is 5. The van der Waals surface area contributed by atoms with Crippen molar-refractivity contribution in [2.75, 3.05) is 23.4 Å². The Balaban J connectivity index is 1.37. The number of nitrogens with one attached hydrogen (secondary N) is 2. The fourth-order valence-corrected chi connectivity index (χ4v) is 5.57. The van der Waals surface area contributed by atoms with Crippen LogP contribution in [0, 0.1) is 5.92 Å². The second kappa shape index (κ2) is 10.4. The Bertz CT molecular complexity index is 1080. The van der Waals surface area contributed by atoms with Gasteiger partial charge in [0.25, 0.3) is 0 Å². The van der Waals surface area contributed by atoms with Crippen molar-refractivity contribution < 1.29 is 22.7 Å². The average Bonchev–Trinajstić information content (AvgIpc) is 3.05. The Morgan fingerprint density at radius 1 is 1.19 bits per heavy atom. The zero-order valence-corrected chi connectivity index (χ0v) is 20.5. The van der Waals surface area contributed by atoms with Crippen molar-refractivity contribution in [2.24, 2.45) is 5.92 Å². The molecule has 1 aliphatic carbocycles. The normalized spacial score (nSPS) is 25.2. The van der Waals surface area contributed by atoms with Crippen LogP contribution in [0.25, 0.3) is 0 Å². The molecule has 1 amide bonds. The zero-order valence-electron chi connectivity index (χ0n) is 20.5. The molecule has 2 unspecified atom stereocenters. The summed E-state index contributed by atoms with van der Waals surface area (Å²) in [6, 6.07) is 8.27. The van der Waals surface area contributed by atoms with E-state index in [4.69, 9.17) is 4.74 Å². The molecule has 0 bridgehead atoms. The number of hydrogen-bond donors (Lipinski definition) is 2. The third-order valence-electron chi connectivity index (χ3n) is 7.74. The smallest absolute Gasteiger partial charge is 0.381 e. The van der Waals surface area contributed by atoms with Gasteiger partial charge in [0.05, 0.1) is 24.5 Å². The minimum absolute atomic E-state index is 0.0223. The molecule has 36 heavy (non-hydrogen) atoms. The van der Waals surface area contributed by atoms with Gasteiger partial charge in [0.1, 0.15) is 11.9 Å². The summed E-state index contributed by atoms with van der Waals surface area (Å²) >= 11 is 0. The van der Waals surface area contributed by atoms with Crippen molar-refractivity contribution in [3.63, 3.8) is 0 Å². The van der Waals surface area contributed by atoms with Crippen LogP contribution in [0.4, 0.5) is 30.4 Å². The molecule has 2 N–H and O–H groups in total. The number of alkyl halides is 3. The number of rotatable bonds is 4. The summed E-state index contributed by atoms with van der Waals surface area (Å²) < 4.78 is 44.6. The minimum atomic E-state index is -4.27. The van der Waals surface area contributed by atoms with Gasteiger partial charge in [-0.1, -0.05) is 12.1 Å². The lowest BCUT2D eigenvalue weighted by Gasteiger charge is -2.34. The van der Waals surface area contributed by atoms with E-state index in [9.17, 15) is 18.0 Å². The molecule has 2 aliphatic heterocycles. The predicted molar refractivity (Wildman–Crippen MR) is 132 cm³/mol. The highest BCUT2D eigenvalue weighted by atomic mass is 19.4. The van der Waals surface area contributed by atoms with Crippen LogP contribution in [0.2, 0.25) is 0 Å². The van der Waals surface area contributed by atoms with Gasteiger partial charge in [-0.05, 0) is 69.2 Å². The van der Waals surface area contributed by atoms with Crippen LogP contribution in [0.3, 0.4) is 0 Å². The number of amides is 1. The molecule has 9 heteroatoms. The molecule has 2 fully saturated rings. The summed E-state index contributed by atoms with van der Waals surface area (Å²) in [5.74, 6) is 0.824. The lowest BCUT2D eigenvalue weighted by atomic mass is 9.84. The number of fused-ring (bicyclic) bond motifs is 2. The number of pyridine rings is 1. The van der Waals surface area contributed by atoms with E-state index in [0.29, 0.717) is 44.8 Å². The molecule has 194 valence electrons. The number of nitrogens with zero attached hydrogens (tertiary/aromatic N) is 2. The molecule has 5 rings (SSSR count). The highest BCUT2D eigenvalue weighted by molar-refractivity contribution is 5.99. The van der Waals surface area contributed by atoms with Gasteiger partial charge in [0.2, 0.25) is 5.91 Å². The van der Waals surface area contributed by atoms with Crippen molar-refractivity contribution in [1.82, 2.24) is 10.3 Å². The zero-order chi connectivity index (χ0) is 25.3. The van der Waals surface area contributed by atoms with Crippen molar-refractivity contribution in [2.45, 2.75) is 76.2 Å². The molecule has 6 nitrogen and oxygen atoms in total. The summed E-state index contributed by atoms with van der Waals surface area (Å²) in [4.78, 5) is 20.2. The Morgan fingerprint density at radius 2 is 2.00 bits per heavy atom. The van der Waals surface area contributed by atoms with E-state index in [0.717, 1.165) is 54.7 Å². The lowest BCUT2D eigenvalue weighted by Crippen LogP contribution is -2.47. The fourth-order valence-electron chi connectivity index (χ4n) is 5.57. The summed E-state index contributed by atoms with van der Waals surface area (Å²) in [5.41, 5.74) is 3.74. The van der Waals surface area contributed by atoms with Crippen molar-refractivity contribution in [3.05, 3.63) is 47.7 Å². The van der Waals surface area contributed by atoms with Gasteiger partial charge < -0.3 is 20.3 Å². The van der Waals surface area contributed by atoms with Gasteiger partial charge in [0.15, 0.2) is 0 Å². The Kier molecular flexibility index (Phi) is 7.21. The van der Waals surface area contributed by atoms with Crippen LogP contribution in [0.1, 0.15) is 62.5 Å². The lowest BCUT2D eigenvalue weighted by molar-refractivity contribution is -0.154.